The van der Waals surface area contributed by atoms with Gasteiger partial charge in [0.1, 0.15) is 0 Å². The molecule has 1 aliphatic heterocycles. The van der Waals surface area contributed by atoms with Gasteiger partial charge in [-0.25, -0.2) is 4.98 Å². The Morgan fingerprint density at radius 3 is 3.04 bits per heavy atom. The molecule has 6 heteroatoms. The van der Waals surface area contributed by atoms with E-state index >= 15 is 0 Å². The number of hydrogen-bond donors (Lipinski definition) is 1. The van der Waals surface area contributed by atoms with Gasteiger partial charge in [0.05, 0.1) is 13.7 Å². The average molecular weight is 331 g/mol. The molecular formula is C17H21N3O2S. The van der Waals surface area contributed by atoms with Crippen molar-refractivity contribution < 1.29 is 9.47 Å². The minimum Gasteiger partial charge on any atom is -0.493 e. The van der Waals surface area contributed by atoms with E-state index in [9.17, 15) is 0 Å². The van der Waals surface area contributed by atoms with Crippen LogP contribution < -0.4 is 9.47 Å². The van der Waals surface area contributed by atoms with Gasteiger partial charge in [0.15, 0.2) is 16.3 Å². The Morgan fingerprint density at radius 2 is 2.26 bits per heavy atom. The van der Waals surface area contributed by atoms with Crippen molar-refractivity contribution >= 4 is 12.2 Å². The molecule has 1 aliphatic rings. The number of nitrogens with one attached hydrogen (secondary N) is 1. The molecule has 2 aromatic rings. The van der Waals surface area contributed by atoms with Crippen LogP contribution in [0.15, 0.2) is 24.4 Å². The fourth-order valence-electron chi connectivity index (χ4n) is 2.94. The largest absolute Gasteiger partial charge is 0.493 e. The molecular weight excluding hydrogens is 310 g/mol. The van der Waals surface area contributed by atoms with Crippen LogP contribution in [0.2, 0.25) is 0 Å². The summed E-state index contributed by atoms with van der Waals surface area (Å²) in [6, 6.07) is 6.04. The maximum Gasteiger partial charge on any atom is 0.196 e. The molecule has 1 aromatic heterocycles. The first-order chi connectivity index (χ1) is 11.2. The molecule has 0 fully saturated rings. The Morgan fingerprint density at radius 1 is 1.39 bits per heavy atom. The second-order valence-electron chi connectivity index (χ2n) is 5.53. The van der Waals surface area contributed by atoms with Gasteiger partial charge in [-0.1, -0.05) is 12.1 Å². The Labute approximate surface area is 141 Å². The van der Waals surface area contributed by atoms with Crippen LogP contribution in [0.4, 0.5) is 0 Å². The first-order valence-corrected chi connectivity index (χ1v) is 8.20. The van der Waals surface area contributed by atoms with Gasteiger partial charge in [-0.15, -0.1) is 0 Å². The predicted octanol–water partition coefficient (Wildman–Crippen LogP) is 3.10. The number of fused-ring (bicyclic) bond motifs is 1. The lowest BCUT2D eigenvalue weighted by Crippen LogP contribution is -2.31. The van der Waals surface area contributed by atoms with E-state index in [0.29, 0.717) is 11.4 Å². The summed E-state index contributed by atoms with van der Waals surface area (Å²) in [6.45, 7) is 5.27. The third kappa shape index (κ3) is 3.54. The van der Waals surface area contributed by atoms with E-state index in [0.717, 1.165) is 43.1 Å². The summed E-state index contributed by atoms with van der Waals surface area (Å²) < 4.78 is 11.8. The van der Waals surface area contributed by atoms with Crippen LogP contribution >= 0.6 is 12.2 Å². The Balaban J connectivity index is 1.80. The molecule has 0 atom stereocenters. The van der Waals surface area contributed by atoms with Gasteiger partial charge in [-0.2, -0.15) is 0 Å². The fourth-order valence-corrected chi connectivity index (χ4v) is 3.11. The molecule has 0 saturated heterocycles. The van der Waals surface area contributed by atoms with Gasteiger partial charge in [-0.05, 0) is 25.2 Å². The quantitative estimate of drug-likeness (QED) is 0.853. The number of para-hydroxylation sites is 1. The van der Waals surface area contributed by atoms with Crippen molar-refractivity contribution in [2.45, 2.75) is 26.4 Å². The van der Waals surface area contributed by atoms with Crippen LogP contribution in [-0.2, 0) is 19.5 Å². The molecule has 5 nitrogen and oxygen atoms in total. The molecule has 1 N–H and O–H groups in total. The molecule has 3 rings (SSSR count). The molecule has 2 heterocycles. The number of aromatic nitrogens is 2. The molecule has 0 amide bonds. The summed E-state index contributed by atoms with van der Waals surface area (Å²) in [5, 5.41) is 0. The highest BCUT2D eigenvalue weighted by Gasteiger charge is 2.19. The highest BCUT2D eigenvalue weighted by atomic mass is 32.1. The van der Waals surface area contributed by atoms with Crippen molar-refractivity contribution in [2.24, 2.45) is 0 Å². The Hall–Kier alpha value is -1.92. The molecule has 0 spiro atoms. The van der Waals surface area contributed by atoms with Gasteiger partial charge in [-0.3, -0.25) is 4.90 Å². The first kappa shape index (κ1) is 16.0. The summed E-state index contributed by atoms with van der Waals surface area (Å²) in [4.78, 5) is 9.78. The maximum atomic E-state index is 5.80. The van der Waals surface area contributed by atoms with E-state index < -0.39 is 0 Å². The third-order valence-corrected chi connectivity index (χ3v) is 4.23. The van der Waals surface area contributed by atoms with Crippen LogP contribution in [0, 0.1) is 4.77 Å². The Bertz CT molecular complexity index is 745. The molecule has 0 bridgehead atoms. The maximum absolute atomic E-state index is 5.80. The van der Waals surface area contributed by atoms with E-state index in [1.54, 1.807) is 7.11 Å². The summed E-state index contributed by atoms with van der Waals surface area (Å²) in [5.74, 6) is 1.63. The number of methoxy groups -OCH3 is 1. The highest BCUT2D eigenvalue weighted by molar-refractivity contribution is 7.71. The molecule has 23 heavy (non-hydrogen) atoms. The molecule has 0 unspecified atom stereocenters. The van der Waals surface area contributed by atoms with Crippen LogP contribution in [0.1, 0.15) is 23.7 Å². The van der Waals surface area contributed by atoms with Crippen LogP contribution in [-0.4, -0.2) is 35.1 Å². The zero-order valence-corrected chi connectivity index (χ0v) is 14.3. The smallest absolute Gasteiger partial charge is 0.196 e. The molecule has 122 valence electrons. The van der Waals surface area contributed by atoms with E-state index in [4.69, 9.17) is 21.7 Å². The summed E-state index contributed by atoms with van der Waals surface area (Å²) in [7, 11) is 1.67. The normalized spacial score (nSPS) is 14.3. The monoisotopic (exact) mass is 331 g/mol. The van der Waals surface area contributed by atoms with Crippen molar-refractivity contribution in [3.8, 4) is 11.5 Å². The SMILES string of the molecule is CCOc1c(CN2CCc3[nH]c(=S)ncc3C2)cccc1OC. The lowest BCUT2D eigenvalue weighted by atomic mass is 10.1. The summed E-state index contributed by atoms with van der Waals surface area (Å²) in [6.07, 6.45) is 2.84. The molecule has 1 aromatic carbocycles. The number of ether oxygens (including phenoxy) is 2. The lowest BCUT2D eigenvalue weighted by molar-refractivity contribution is 0.234. The minimum absolute atomic E-state index is 0.559. The van der Waals surface area contributed by atoms with Crippen molar-refractivity contribution in [2.75, 3.05) is 20.3 Å². The van der Waals surface area contributed by atoms with Gasteiger partial charge in [0.2, 0.25) is 0 Å². The lowest BCUT2D eigenvalue weighted by Gasteiger charge is -2.29. The van der Waals surface area contributed by atoms with Crippen molar-refractivity contribution in [1.82, 2.24) is 14.9 Å². The van der Waals surface area contributed by atoms with E-state index in [1.165, 1.54) is 11.3 Å². The van der Waals surface area contributed by atoms with Gasteiger partial charge >= 0.3 is 0 Å². The summed E-state index contributed by atoms with van der Waals surface area (Å²) in [5.41, 5.74) is 3.56. The first-order valence-electron chi connectivity index (χ1n) is 7.79. The number of hydrogen-bond acceptors (Lipinski definition) is 5. The second kappa shape index (κ2) is 7.10. The predicted molar refractivity (Wildman–Crippen MR) is 91.4 cm³/mol. The van der Waals surface area contributed by atoms with Crippen molar-refractivity contribution in [3.05, 3.63) is 46.0 Å². The van der Waals surface area contributed by atoms with Crippen LogP contribution in [0.3, 0.4) is 0 Å². The zero-order valence-electron chi connectivity index (χ0n) is 13.5. The fraction of sp³-hybridized carbons (Fsp3) is 0.412. The molecule has 0 aliphatic carbocycles. The summed E-state index contributed by atoms with van der Waals surface area (Å²) >= 11 is 5.09. The van der Waals surface area contributed by atoms with Crippen molar-refractivity contribution in [3.63, 3.8) is 0 Å². The zero-order chi connectivity index (χ0) is 16.2. The molecule has 0 saturated carbocycles. The number of rotatable bonds is 5. The van der Waals surface area contributed by atoms with Crippen molar-refractivity contribution in [1.29, 1.82) is 0 Å². The number of nitrogens with zero attached hydrogens (tertiary/aromatic N) is 2. The highest BCUT2D eigenvalue weighted by Crippen LogP contribution is 2.32. The van der Waals surface area contributed by atoms with Crippen LogP contribution in [0.5, 0.6) is 11.5 Å². The standard InChI is InChI=1S/C17H21N3O2S/c1-3-22-16-12(5-4-6-15(16)21-2)10-20-8-7-14-13(11-20)9-18-17(23)19-14/h4-6,9H,3,7-8,10-11H2,1-2H3,(H,18,19,23). The second-order valence-corrected chi connectivity index (χ2v) is 5.92. The Kier molecular flexibility index (Phi) is 4.93. The van der Waals surface area contributed by atoms with Gasteiger partial charge in [0, 0.05) is 49.1 Å². The number of benzene rings is 1. The van der Waals surface area contributed by atoms with Crippen LogP contribution in [0.25, 0.3) is 0 Å². The van der Waals surface area contributed by atoms with Gasteiger partial charge < -0.3 is 14.5 Å². The average Bonchev–Trinajstić information content (AvgIpc) is 2.56. The minimum atomic E-state index is 0.559. The number of aromatic amines is 1. The van der Waals surface area contributed by atoms with Gasteiger partial charge in [0.25, 0.3) is 0 Å². The van der Waals surface area contributed by atoms with E-state index in [2.05, 4.69) is 20.9 Å². The van der Waals surface area contributed by atoms with E-state index in [-0.39, 0.29) is 0 Å². The number of H-pyrrole nitrogens is 1. The third-order valence-electron chi connectivity index (χ3n) is 4.02. The topological polar surface area (TPSA) is 50.4 Å². The van der Waals surface area contributed by atoms with E-state index in [1.807, 2.05) is 25.3 Å². The molecule has 0 radical (unpaired) electrons.